The molecule has 0 amide bonds. The maximum atomic E-state index is 14.2. The van der Waals surface area contributed by atoms with Gasteiger partial charge in [0.1, 0.15) is 11.6 Å². The molecule has 0 bridgehead atoms. The van der Waals surface area contributed by atoms with Gasteiger partial charge in [-0.05, 0) is 49.6 Å². The molecule has 0 aliphatic carbocycles. The molecule has 138 valence electrons. The van der Waals surface area contributed by atoms with Crippen molar-refractivity contribution in [2.24, 2.45) is 5.10 Å². The molecule has 0 atom stereocenters. The fourth-order valence-electron chi connectivity index (χ4n) is 2.77. The van der Waals surface area contributed by atoms with E-state index in [9.17, 15) is 17.6 Å². The van der Waals surface area contributed by atoms with Crippen molar-refractivity contribution in [1.82, 2.24) is 4.98 Å². The highest BCUT2D eigenvalue weighted by atomic mass is 19.4. The second-order valence-corrected chi connectivity index (χ2v) is 6.05. The molecular formula is C18H18F4N4. The van der Waals surface area contributed by atoms with E-state index in [0.29, 0.717) is 6.20 Å². The third-order valence-corrected chi connectivity index (χ3v) is 4.18. The number of hydrogen-bond donors (Lipinski definition) is 1. The summed E-state index contributed by atoms with van der Waals surface area (Å²) in [7, 11) is 0. The Balaban J connectivity index is 1.63. The maximum absolute atomic E-state index is 14.2. The van der Waals surface area contributed by atoms with Crippen LogP contribution in [0.5, 0.6) is 0 Å². The molecule has 1 aliphatic rings. The van der Waals surface area contributed by atoms with Crippen LogP contribution < -0.4 is 10.3 Å². The molecule has 0 unspecified atom stereocenters. The lowest BCUT2D eigenvalue weighted by Crippen LogP contribution is -2.29. The van der Waals surface area contributed by atoms with E-state index in [1.54, 1.807) is 6.07 Å². The number of nitrogens with zero attached hydrogens (tertiary/aromatic N) is 3. The molecule has 2 heterocycles. The van der Waals surface area contributed by atoms with E-state index in [0.717, 1.165) is 43.8 Å². The fourth-order valence-corrected chi connectivity index (χ4v) is 2.77. The predicted molar refractivity (Wildman–Crippen MR) is 92.9 cm³/mol. The van der Waals surface area contributed by atoms with Crippen molar-refractivity contribution in [1.29, 1.82) is 0 Å². The van der Waals surface area contributed by atoms with E-state index in [1.807, 2.05) is 6.07 Å². The molecule has 0 radical (unpaired) electrons. The summed E-state index contributed by atoms with van der Waals surface area (Å²) in [6, 6.07) is 7.01. The highest BCUT2D eigenvalue weighted by molar-refractivity contribution is 5.81. The average molecular weight is 366 g/mol. The van der Waals surface area contributed by atoms with Crippen LogP contribution in [0.25, 0.3) is 0 Å². The van der Waals surface area contributed by atoms with Gasteiger partial charge in [-0.1, -0.05) is 0 Å². The topological polar surface area (TPSA) is 40.5 Å². The molecule has 1 saturated heterocycles. The third-order valence-electron chi connectivity index (χ3n) is 4.18. The number of benzene rings is 1. The summed E-state index contributed by atoms with van der Waals surface area (Å²) in [6.45, 7) is 1.85. The van der Waals surface area contributed by atoms with Gasteiger partial charge in [0.2, 0.25) is 0 Å². The van der Waals surface area contributed by atoms with E-state index in [4.69, 9.17) is 0 Å². The number of nitrogens with one attached hydrogen (secondary N) is 1. The lowest BCUT2D eigenvalue weighted by molar-refractivity contribution is -0.137. The minimum atomic E-state index is -4.44. The molecule has 8 heteroatoms. The quantitative estimate of drug-likeness (QED) is 0.485. The SMILES string of the molecule is Fc1cc(N2CCCCC2)ccc1/C=N\Nc1ccc(C(F)(F)F)cn1. The zero-order valence-corrected chi connectivity index (χ0v) is 13.9. The zero-order valence-electron chi connectivity index (χ0n) is 13.9. The molecular weight excluding hydrogens is 348 g/mol. The fraction of sp³-hybridized carbons (Fsp3) is 0.333. The van der Waals surface area contributed by atoms with Crippen LogP contribution in [0.2, 0.25) is 0 Å². The van der Waals surface area contributed by atoms with Crippen molar-refractivity contribution >= 4 is 17.7 Å². The normalized spacial score (nSPS) is 15.5. The lowest BCUT2D eigenvalue weighted by Gasteiger charge is -2.28. The van der Waals surface area contributed by atoms with Crippen LogP contribution >= 0.6 is 0 Å². The molecule has 26 heavy (non-hydrogen) atoms. The predicted octanol–water partition coefficient (Wildman–Crippen LogP) is 4.68. The highest BCUT2D eigenvalue weighted by Crippen LogP contribution is 2.28. The summed E-state index contributed by atoms with van der Waals surface area (Å²) < 4.78 is 51.6. The van der Waals surface area contributed by atoms with E-state index >= 15 is 0 Å². The van der Waals surface area contributed by atoms with E-state index in [-0.39, 0.29) is 11.4 Å². The monoisotopic (exact) mass is 366 g/mol. The third kappa shape index (κ3) is 4.50. The van der Waals surface area contributed by atoms with E-state index in [2.05, 4.69) is 20.4 Å². The first-order valence-corrected chi connectivity index (χ1v) is 8.30. The van der Waals surface area contributed by atoms with Gasteiger partial charge in [-0.3, -0.25) is 5.43 Å². The molecule has 4 nitrogen and oxygen atoms in total. The Morgan fingerprint density at radius 3 is 2.46 bits per heavy atom. The first-order valence-electron chi connectivity index (χ1n) is 8.30. The van der Waals surface area contributed by atoms with Crippen LogP contribution in [0.15, 0.2) is 41.6 Å². The number of rotatable bonds is 4. The Hall–Kier alpha value is -2.64. The minimum Gasteiger partial charge on any atom is -0.371 e. The second kappa shape index (κ2) is 7.72. The number of anilines is 2. The van der Waals surface area contributed by atoms with Crippen molar-refractivity contribution in [3.63, 3.8) is 0 Å². The first-order chi connectivity index (χ1) is 12.4. The Kier molecular flexibility index (Phi) is 5.39. The lowest BCUT2D eigenvalue weighted by atomic mass is 10.1. The van der Waals surface area contributed by atoms with Gasteiger partial charge in [-0.2, -0.15) is 18.3 Å². The first kappa shape index (κ1) is 18.2. The van der Waals surface area contributed by atoms with Crippen molar-refractivity contribution in [2.45, 2.75) is 25.4 Å². The van der Waals surface area contributed by atoms with Crippen molar-refractivity contribution in [3.8, 4) is 0 Å². The van der Waals surface area contributed by atoms with Gasteiger partial charge in [0.15, 0.2) is 0 Å². The Morgan fingerprint density at radius 1 is 1.08 bits per heavy atom. The van der Waals surface area contributed by atoms with Crippen LogP contribution in [0.4, 0.5) is 29.1 Å². The molecule has 1 N–H and O–H groups in total. The van der Waals surface area contributed by atoms with Gasteiger partial charge in [0.25, 0.3) is 0 Å². The van der Waals surface area contributed by atoms with Gasteiger partial charge >= 0.3 is 6.18 Å². The number of hydrogen-bond acceptors (Lipinski definition) is 4. The van der Waals surface area contributed by atoms with Crippen molar-refractivity contribution in [3.05, 3.63) is 53.5 Å². The summed E-state index contributed by atoms with van der Waals surface area (Å²) >= 11 is 0. The van der Waals surface area contributed by atoms with Crippen LogP contribution in [0.1, 0.15) is 30.4 Å². The Morgan fingerprint density at radius 2 is 1.85 bits per heavy atom. The smallest absolute Gasteiger partial charge is 0.371 e. The summed E-state index contributed by atoms with van der Waals surface area (Å²) in [4.78, 5) is 5.78. The highest BCUT2D eigenvalue weighted by Gasteiger charge is 2.30. The summed E-state index contributed by atoms with van der Waals surface area (Å²) in [5, 5.41) is 3.83. The van der Waals surface area contributed by atoms with Crippen LogP contribution in [-0.2, 0) is 6.18 Å². The Bertz CT molecular complexity index is 766. The van der Waals surface area contributed by atoms with Gasteiger partial charge in [-0.25, -0.2) is 9.37 Å². The number of hydrazone groups is 1. The molecule has 0 spiro atoms. The van der Waals surface area contributed by atoms with Gasteiger partial charge in [0.05, 0.1) is 11.8 Å². The summed E-state index contributed by atoms with van der Waals surface area (Å²) in [5.74, 6) is -0.265. The molecule has 0 saturated carbocycles. The van der Waals surface area contributed by atoms with Crippen LogP contribution in [0.3, 0.4) is 0 Å². The van der Waals surface area contributed by atoms with Gasteiger partial charge in [0, 0.05) is 30.5 Å². The van der Waals surface area contributed by atoms with Crippen LogP contribution in [-0.4, -0.2) is 24.3 Å². The van der Waals surface area contributed by atoms with Crippen molar-refractivity contribution < 1.29 is 17.6 Å². The molecule has 1 fully saturated rings. The number of pyridine rings is 1. The number of alkyl halides is 3. The number of halogens is 4. The van der Waals surface area contributed by atoms with Gasteiger partial charge in [-0.15, -0.1) is 0 Å². The van der Waals surface area contributed by atoms with E-state index in [1.165, 1.54) is 18.7 Å². The largest absolute Gasteiger partial charge is 0.417 e. The van der Waals surface area contributed by atoms with E-state index < -0.39 is 17.6 Å². The van der Waals surface area contributed by atoms with Gasteiger partial charge < -0.3 is 4.90 Å². The zero-order chi connectivity index (χ0) is 18.6. The minimum absolute atomic E-state index is 0.139. The standard InChI is InChI=1S/C18H18F4N4/c19-16-10-15(26-8-2-1-3-9-26)6-4-13(16)11-24-25-17-7-5-14(12-23-17)18(20,21)22/h4-7,10-12H,1-3,8-9H2,(H,23,25)/b24-11-. The molecule has 3 rings (SSSR count). The second-order valence-electron chi connectivity index (χ2n) is 6.05. The maximum Gasteiger partial charge on any atom is 0.417 e. The molecule has 1 aromatic carbocycles. The number of aromatic nitrogens is 1. The molecule has 2 aromatic rings. The Labute approximate surface area is 148 Å². The molecule has 1 aromatic heterocycles. The molecule has 1 aliphatic heterocycles. The average Bonchev–Trinajstić information content (AvgIpc) is 2.63. The summed E-state index contributed by atoms with van der Waals surface area (Å²) in [5.41, 5.74) is 2.78. The van der Waals surface area contributed by atoms with Crippen LogP contribution in [0, 0.1) is 5.82 Å². The summed E-state index contributed by atoms with van der Waals surface area (Å²) in [6.07, 6.45) is 0.964. The number of piperidine rings is 1. The van der Waals surface area contributed by atoms with Crippen molar-refractivity contribution in [2.75, 3.05) is 23.4 Å².